The molecule has 0 N–H and O–H groups in total. The molecule has 2 aromatic carbocycles. The van der Waals surface area contributed by atoms with Crippen molar-refractivity contribution in [1.82, 2.24) is 0 Å². The smallest absolute Gasteiger partial charge is 0.245 e. The van der Waals surface area contributed by atoms with Crippen LogP contribution in [0.1, 0.15) is 24.6 Å². The average molecular weight is 333 g/mol. The van der Waals surface area contributed by atoms with Crippen LogP contribution < -0.4 is 5.30 Å². The van der Waals surface area contributed by atoms with Gasteiger partial charge >= 0.3 is 0 Å². The molecule has 0 radical (unpaired) electrons. The van der Waals surface area contributed by atoms with E-state index in [4.69, 9.17) is 4.52 Å². The maximum atomic E-state index is 13.7. The predicted octanol–water partition coefficient (Wildman–Crippen LogP) is 4.03. The first kappa shape index (κ1) is 17.4. The summed E-state index contributed by atoms with van der Waals surface area (Å²) in [5.74, 6) is 0. The van der Waals surface area contributed by atoms with Gasteiger partial charge in [-0.15, -0.1) is 0 Å². The molecule has 0 aromatic heterocycles. The summed E-state index contributed by atoms with van der Waals surface area (Å²) in [7, 11) is -3.42. The predicted molar refractivity (Wildman–Crippen MR) is 91.0 cm³/mol. The van der Waals surface area contributed by atoms with E-state index in [2.05, 4.69) is 0 Å². The number of nitrogens with zero attached hydrogens (tertiary/aromatic N) is 1. The van der Waals surface area contributed by atoms with E-state index in [1.807, 2.05) is 19.1 Å². The molecule has 6 heteroatoms. The molecule has 0 spiro atoms. The van der Waals surface area contributed by atoms with Crippen molar-refractivity contribution in [2.24, 2.45) is 0 Å². The lowest BCUT2D eigenvalue weighted by Crippen LogP contribution is -2.21. The van der Waals surface area contributed by atoms with Gasteiger partial charge in [-0.1, -0.05) is 55.5 Å². The molecule has 0 aliphatic rings. The van der Waals surface area contributed by atoms with Gasteiger partial charge in [-0.3, -0.25) is 14.7 Å². The largest absolute Gasteiger partial charge is 0.325 e. The van der Waals surface area contributed by atoms with E-state index in [9.17, 15) is 14.7 Å². The minimum atomic E-state index is -3.42. The third-order valence-electron chi connectivity index (χ3n) is 3.52. The van der Waals surface area contributed by atoms with Gasteiger partial charge in [-0.05, 0) is 24.1 Å². The molecule has 2 rings (SSSR count). The molecule has 0 saturated carbocycles. The lowest BCUT2D eigenvalue weighted by molar-refractivity contribution is -0.480. The first-order valence-corrected chi connectivity index (χ1v) is 9.24. The van der Waals surface area contributed by atoms with Crippen LogP contribution in [0.4, 0.5) is 0 Å². The minimum absolute atomic E-state index is 0.299. The summed E-state index contributed by atoms with van der Waals surface area (Å²) < 4.78 is 19.4. The maximum absolute atomic E-state index is 13.7. The number of rotatable bonds is 8. The van der Waals surface area contributed by atoms with E-state index in [0.29, 0.717) is 23.9 Å². The number of hydrogen-bond acceptors (Lipinski definition) is 4. The lowest BCUT2D eigenvalue weighted by atomic mass is 10.1. The van der Waals surface area contributed by atoms with Crippen LogP contribution in [0.3, 0.4) is 0 Å². The molecule has 0 aliphatic carbocycles. The van der Waals surface area contributed by atoms with Crippen molar-refractivity contribution in [2.45, 2.75) is 19.0 Å². The molecule has 2 unspecified atom stereocenters. The Labute approximate surface area is 135 Å². The van der Waals surface area contributed by atoms with E-state index < -0.39 is 24.5 Å². The van der Waals surface area contributed by atoms with Crippen LogP contribution in [0.15, 0.2) is 60.7 Å². The maximum Gasteiger partial charge on any atom is 0.245 e. The first-order chi connectivity index (χ1) is 11.1. The normalized spacial score (nSPS) is 14.8. The molecule has 0 bridgehead atoms. The van der Waals surface area contributed by atoms with Crippen LogP contribution >= 0.6 is 7.37 Å². The van der Waals surface area contributed by atoms with Crippen molar-refractivity contribution >= 4 is 12.7 Å². The zero-order valence-corrected chi connectivity index (χ0v) is 13.9. The highest BCUT2D eigenvalue weighted by atomic mass is 31.2. The summed E-state index contributed by atoms with van der Waals surface area (Å²) in [4.78, 5) is 10.7. The van der Waals surface area contributed by atoms with E-state index >= 15 is 0 Å². The minimum Gasteiger partial charge on any atom is -0.325 e. The molecule has 23 heavy (non-hydrogen) atoms. The highest BCUT2D eigenvalue weighted by Gasteiger charge is 2.40. The lowest BCUT2D eigenvalue weighted by Gasteiger charge is -2.25. The summed E-state index contributed by atoms with van der Waals surface area (Å²) in [6, 6.07) is 17.7. The van der Waals surface area contributed by atoms with E-state index in [-0.39, 0.29) is 0 Å². The summed E-state index contributed by atoms with van der Waals surface area (Å²) in [5.41, 5.74) is -0.139. The van der Waals surface area contributed by atoms with Crippen molar-refractivity contribution in [2.75, 3.05) is 13.2 Å². The number of hydrogen-bond donors (Lipinski definition) is 0. The molecule has 0 fully saturated rings. The van der Waals surface area contributed by atoms with Crippen LogP contribution in [0.2, 0.25) is 0 Å². The molecule has 0 amide bonds. The molecule has 122 valence electrons. The molecule has 2 atom stereocenters. The van der Waals surface area contributed by atoms with Crippen LogP contribution in [0, 0.1) is 10.1 Å². The highest BCUT2D eigenvalue weighted by Crippen LogP contribution is 2.59. The molecule has 0 aliphatic heterocycles. The Bertz CT molecular complexity index is 676. The standard InChI is InChI=1S/C17H20NO4P/c1-2-13-22-23(21,16-11-7-4-8-12-16)17(14-18(19)20)15-9-5-3-6-10-15/h3-12,17H,2,13-14H2,1H3. The zero-order chi connectivity index (χ0) is 16.7. The van der Waals surface area contributed by atoms with Gasteiger partial charge in [0.25, 0.3) is 0 Å². The monoisotopic (exact) mass is 333 g/mol. The van der Waals surface area contributed by atoms with Crippen LogP contribution in [-0.2, 0) is 9.09 Å². The number of benzene rings is 2. The van der Waals surface area contributed by atoms with Crippen molar-refractivity contribution in [1.29, 1.82) is 0 Å². The van der Waals surface area contributed by atoms with Gasteiger partial charge in [0.2, 0.25) is 13.9 Å². The molecule has 5 nitrogen and oxygen atoms in total. The molecular weight excluding hydrogens is 313 g/mol. The van der Waals surface area contributed by atoms with Gasteiger partial charge < -0.3 is 4.52 Å². The summed E-state index contributed by atoms with van der Waals surface area (Å²) in [6.07, 6.45) is 0.691. The van der Waals surface area contributed by atoms with Crippen molar-refractivity contribution in [3.63, 3.8) is 0 Å². The fourth-order valence-corrected chi connectivity index (χ4v) is 5.08. The average Bonchev–Trinajstić information content (AvgIpc) is 2.59. The van der Waals surface area contributed by atoms with Crippen molar-refractivity contribution < 1.29 is 14.0 Å². The quantitative estimate of drug-likeness (QED) is 0.415. The second kappa shape index (κ2) is 8.04. The van der Waals surface area contributed by atoms with Gasteiger partial charge in [0, 0.05) is 10.2 Å². The van der Waals surface area contributed by atoms with Crippen LogP contribution in [0.5, 0.6) is 0 Å². The van der Waals surface area contributed by atoms with Crippen molar-refractivity contribution in [3.8, 4) is 0 Å². The Balaban J connectivity index is 2.52. The Kier molecular flexibility index (Phi) is 6.08. The molecule has 2 aromatic rings. The third-order valence-corrected chi connectivity index (χ3v) is 6.39. The highest BCUT2D eigenvalue weighted by molar-refractivity contribution is 7.67. The number of nitro groups is 1. The fraction of sp³-hybridized carbons (Fsp3) is 0.294. The summed E-state index contributed by atoms with van der Waals surface area (Å²) in [5, 5.41) is 11.7. The Hall–Kier alpha value is -1.97. The second-order valence-electron chi connectivity index (χ2n) is 5.21. The van der Waals surface area contributed by atoms with Crippen LogP contribution in [-0.4, -0.2) is 18.1 Å². The Morgan fingerprint density at radius 3 is 2.17 bits per heavy atom. The third kappa shape index (κ3) is 4.27. The Morgan fingerprint density at radius 2 is 1.65 bits per heavy atom. The van der Waals surface area contributed by atoms with E-state index in [1.165, 1.54) is 0 Å². The van der Waals surface area contributed by atoms with Gasteiger partial charge in [0.1, 0.15) is 5.66 Å². The van der Waals surface area contributed by atoms with Gasteiger partial charge in [-0.25, -0.2) is 0 Å². The molecule has 0 saturated heterocycles. The molecular formula is C17H20NO4P. The first-order valence-electron chi connectivity index (χ1n) is 7.54. The van der Waals surface area contributed by atoms with E-state index in [1.54, 1.807) is 48.5 Å². The van der Waals surface area contributed by atoms with Gasteiger partial charge in [-0.2, -0.15) is 0 Å². The summed E-state index contributed by atoms with van der Waals surface area (Å²) >= 11 is 0. The fourth-order valence-electron chi connectivity index (χ4n) is 2.43. The van der Waals surface area contributed by atoms with Crippen LogP contribution in [0.25, 0.3) is 0 Å². The summed E-state index contributed by atoms with van der Waals surface area (Å²) in [6.45, 7) is 1.79. The molecule has 0 heterocycles. The topological polar surface area (TPSA) is 69.4 Å². The zero-order valence-electron chi connectivity index (χ0n) is 13.0. The van der Waals surface area contributed by atoms with E-state index in [0.717, 1.165) is 0 Å². The van der Waals surface area contributed by atoms with Crippen molar-refractivity contribution in [3.05, 3.63) is 76.3 Å². The second-order valence-corrected chi connectivity index (χ2v) is 7.80. The van der Waals surface area contributed by atoms with Gasteiger partial charge in [0.05, 0.1) is 6.61 Å². The van der Waals surface area contributed by atoms with Gasteiger partial charge in [0.15, 0.2) is 0 Å². The SMILES string of the molecule is CCCOP(=O)(c1ccccc1)C(C[N+](=O)[O-])c1ccccc1. The Morgan fingerprint density at radius 1 is 1.09 bits per heavy atom.